The molecule has 0 saturated heterocycles. The molecule has 0 aliphatic rings. The molecule has 0 aliphatic heterocycles. The molecule has 3 aromatic rings. The van der Waals surface area contributed by atoms with Gasteiger partial charge in [0.2, 0.25) is 5.95 Å². The first-order valence-electron chi connectivity index (χ1n) is 8.03. The number of aliphatic hydroxyl groups is 1. The van der Waals surface area contributed by atoms with Crippen molar-refractivity contribution in [1.82, 2.24) is 9.97 Å². The molecule has 3 N–H and O–H groups in total. The molecule has 0 saturated carbocycles. The van der Waals surface area contributed by atoms with Crippen LogP contribution in [0.5, 0.6) is 0 Å². The number of nitrogens with zero attached hydrogens (tertiary/aromatic N) is 2. The van der Waals surface area contributed by atoms with Gasteiger partial charge in [-0.05, 0) is 36.8 Å². The molecule has 1 aromatic heterocycles. The number of nitrogens with one attached hydrogen (secondary N) is 2. The molecular formula is C18H17F3N4O. The zero-order valence-corrected chi connectivity index (χ0v) is 13.7. The van der Waals surface area contributed by atoms with Gasteiger partial charge in [-0.1, -0.05) is 18.2 Å². The van der Waals surface area contributed by atoms with E-state index < -0.39 is 11.7 Å². The number of anilines is 3. The summed E-state index contributed by atoms with van der Waals surface area (Å²) in [7, 11) is 0. The van der Waals surface area contributed by atoms with Gasteiger partial charge in [-0.3, -0.25) is 0 Å². The van der Waals surface area contributed by atoms with E-state index in [1.165, 1.54) is 12.1 Å². The number of benzene rings is 2. The van der Waals surface area contributed by atoms with Crippen LogP contribution in [0.15, 0.2) is 48.5 Å². The highest BCUT2D eigenvalue weighted by Gasteiger charge is 2.30. The highest BCUT2D eigenvalue weighted by atomic mass is 19.4. The summed E-state index contributed by atoms with van der Waals surface area (Å²) in [6.45, 7) is 0.561. The van der Waals surface area contributed by atoms with Crippen molar-refractivity contribution in [3.8, 4) is 0 Å². The second-order valence-electron chi connectivity index (χ2n) is 5.62. The minimum Gasteiger partial charge on any atom is -0.396 e. The Morgan fingerprint density at radius 1 is 1.00 bits per heavy atom. The zero-order chi connectivity index (χ0) is 18.6. The molecule has 2 aromatic carbocycles. The van der Waals surface area contributed by atoms with Gasteiger partial charge in [-0.2, -0.15) is 18.2 Å². The molecule has 8 heteroatoms. The second kappa shape index (κ2) is 7.57. The number of aliphatic hydroxyl groups excluding tert-OH is 1. The lowest BCUT2D eigenvalue weighted by atomic mass is 10.2. The third-order valence-electron chi connectivity index (χ3n) is 3.68. The maximum absolute atomic E-state index is 12.9. The highest BCUT2D eigenvalue weighted by molar-refractivity contribution is 5.90. The Bertz CT molecular complexity index is 899. The standard InChI is InChI=1S/C18H17F3N4O/c19-18(20,21)12-5-3-6-13(11-12)23-17-24-15-8-2-1-7-14(15)16(25-17)22-9-4-10-26/h1-3,5-8,11,26H,4,9-10H2,(H2,22,23,24,25). The molecule has 0 bridgehead atoms. The summed E-state index contributed by atoms with van der Waals surface area (Å²) in [5, 5.41) is 15.7. The summed E-state index contributed by atoms with van der Waals surface area (Å²) in [5.74, 6) is 0.744. The quantitative estimate of drug-likeness (QED) is 0.574. The van der Waals surface area contributed by atoms with Gasteiger partial charge in [0.15, 0.2) is 0 Å². The van der Waals surface area contributed by atoms with Crippen LogP contribution in [0.3, 0.4) is 0 Å². The van der Waals surface area contributed by atoms with Crippen LogP contribution >= 0.6 is 0 Å². The van der Waals surface area contributed by atoms with Crippen molar-refractivity contribution in [1.29, 1.82) is 0 Å². The number of para-hydroxylation sites is 1. The Morgan fingerprint density at radius 2 is 1.81 bits per heavy atom. The number of halogens is 3. The molecule has 0 aliphatic carbocycles. The summed E-state index contributed by atoms with van der Waals surface area (Å²) in [4.78, 5) is 8.72. The predicted molar refractivity (Wildman–Crippen MR) is 94.5 cm³/mol. The summed E-state index contributed by atoms with van der Waals surface area (Å²) in [6, 6.07) is 12.2. The molecule has 136 valence electrons. The number of hydrogen-bond donors (Lipinski definition) is 3. The molecule has 0 amide bonds. The minimum atomic E-state index is -4.42. The first-order chi connectivity index (χ1) is 12.5. The largest absolute Gasteiger partial charge is 0.416 e. The monoisotopic (exact) mass is 362 g/mol. The topological polar surface area (TPSA) is 70.1 Å². The van der Waals surface area contributed by atoms with Crippen LogP contribution < -0.4 is 10.6 Å². The Kier molecular flexibility index (Phi) is 5.22. The molecule has 5 nitrogen and oxygen atoms in total. The van der Waals surface area contributed by atoms with Crippen molar-refractivity contribution < 1.29 is 18.3 Å². The van der Waals surface area contributed by atoms with Crippen molar-refractivity contribution >= 4 is 28.4 Å². The van der Waals surface area contributed by atoms with E-state index in [1.54, 1.807) is 6.07 Å². The maximum atomic E-state index is 12.9. The second-order valence-corrected chi connectivity index (χ2v) is 5.62. The zero-order valence-electron chi connectivity index (χ0n) is 13.7. The lowest BCUT2D eigenvalue weighted by molar-refractivity contribution is -0.137. The third-order valence-corrected chi connectivity index (χ3v) is 3.68. The van der Waals surface area contributed by atoms with Crippen LogP contribution in [0, 0.1) is 0 Å². The molecule has 0 unspecified atom stereocenters. The highest BCUT2D eigenvalue weighted by Crippen LogP contribution is 2.31. The maximum Gasteiger partial charge on any atom is 0.416 e. The molecule has 0 fully saturated rings. The summed E-state index contributed by atoms with van der Waals surface area (Å²) >= 11 is 0. The van der Waals surface area contributed by atoms with E-state index in [0.29, 0.717) is 24.3 Å². The molecule has 0 atom stereocenters. The van der Waals surface area contributed by atoms with Crippen molar-refractivity contribution in [2.75, 3.05) is 23.8 Å². The van der Waals surface area contributed by atoms with Crippen molar-refractivity contribution in [2.45, 2.75) is 12.6 Å². The fourth-order valence-corrected chi connectivity index (χ4v) is 2.46. The molecule has 3 rings (SSSR count). The Labute approximate surface area is 147 Å². The summed E-state index contributed by atoms with van der Waals surface area (Å²) < 4.78 is 38.6. The molecule has 26 heavy (non-hydrogen) atoms. The van der Waals surface area contributed by atoms with Crippen molar-refractivity contribution in [3.63, 3.8) is 0 Å². The molecular weight excluding hydrogens is 345 g/mol. The van der Waals surface area contributed by atoms with Crippen molar-refractivity contribution in [3.05, 3.63) is 54.1 Å². The number of fused-ring (bicyclic) bond motifs is 1. The van der Waals surface area contributed by atoms with E-state index in [9.17, 15) is 13.2 Å². The van der Waals surface area contributed by atoms with E-state index in [1.807, 2.05) is 18.2 Å². The van der Waals surface area contributed by atoms with E-state index in [4.69, 9.17) is 5.11 Å². The van der Waals surface area contributed by atoms with Gasteiger partial charge in [0.05, 0.1) is 11.1 Å². The van der Waals surface area contributed by atoms with Crippen LogP contribution in [0.4, 0.5) is 30.6 Å². The summed E-state index contributed by atoms with van der Waals surface area (Å²) in [6.07, 6.45) is -3.87. The minimum absolute atomic E-state index is 0.0470. The van der Waals surface area contributed by atoms with Crippen LogP contribution in [0.1, 0.15) is 12.0 Å². The van der Waals surface area contributed by atoms with Crippen LogP contribution in [-0.2, 0) is 6.18 Å². The number of rotatable bonds is 6. The first kappa shape index (κ1) is 17.9. The Morgan fingerprint density at radius 3 is 2.58 bits per heavy atom. The van der Waals surface area contributed by atoms with Gasteiger partial charge in [0.1, 0.15) is 5.82 Å². The predicted octanol–water partition coefficient (Wildman–Crippen LogP) is 4.19. The molecule has 0 radical (unpaired) electrons. The van der Waals surface area contributed by atoms with Gasteiger partial charge >= 0.3 is 6.18 Å². The van der Waals surface area contributed by atoms with Crippen LogP contribution in [-0.4, -0.2) is 28.2 Å². The SMILES string of the molecule is OCCCNc1nc(Nc2cccc(C(F)(F)F)c2)nc2ccccc12. The van der Waals surface area contributed by atoms with Crippen LogP contribution in [0.25, 0.3) is 10.9 Å². The van der Waals surface area contributed by atoms with E-state index >= 15 is 0 Å². The molecule has 1 heterocycles. The molecule has 0 spiro atoms. The Hall–Kier alpha value is -2.87. The van der Waals surface area contributed by atoms with E-state index in [-0.39, 0.29) is 18.2 Å². The van der Waals surface area contributed by atoms with E-state index in [0.717, 1.165) is 17.5 Å². The van der Waals surface area contributed by atoms with Crippen molar-refractivity contribution in [2.24, 2.45) is 0 Å². The Balaban J connectivity index is 1.93. The fourth-order valence-electron chi connectivity index (χ4n) is 2.46. The summed E-state index contributed by atoms with van der Waals surface area (Å²) in [5.41, 5.74) is 0.157. The number of aromatic nitrogens is 2. The van der Waals surface area contributed by atoms with Gasteiger partial charge in [0, 0.05) is 24.2 Å². The average molecular weight is 362 g/mol. The average Bonchev–Trinajstić information content (AvgIpc) is 2.61. The van der Waals surface area contributed by atoms with Gasteiger partial charge in [-0.25, -0.2) is 4.98 Å². The lowest BCUT2D eigenvalue weighted by Gasteiger charge is -2.13. The fraction of sp³-hybridized carbons (Fsp3) is 0.222. The third kappa shape index (κ3) is 4.20. The van der Waals surface area contributed by atoms with E-state index in [2.05, 4.69) is 20.6 Å². The first-order valence-corrected chi connectivity index (χ1v) is 8.03. The van der Waals surface area contributed by atoms with Gasteiger partial charge in [0.25, 0.3) is 0 Å². The van der Waals surface area contributed by atoms with Gasteiger partial charge < -0.3 is 15.7 Å². The smallest absolute Gasteiger partial charge is 0.396 e. The number of alkyl halides is 3. The van der Waals surface area contributed by atoms with Crippen LogP contribution in [0.2, 0.25) is 0 Å². The normalized spacial score (nSPS) is 11.5. The van der Waals surface area contributed by atoms with Gasteiger partial charge in [-0.15, -0.1) is 0 Å². The number of hydrogen-bond acceptors (Lipinski definition) is 5. The lowest BCUT2D eigenvalue weighted by Crippen LogP contribution is -2.08.